The van der Waals surface area contributed by atoms with Gasteiger partial charge in [0.05, 0.1) is 18.3 Å². The Morgan fingerprint density at radius 2 is 1.89 bits per heavy atom. The number of methoxy groups -OCH3 is 1. The van der Waals surface area contributed by atoms with Gasteiger partial charge in [0, 0.05) is 11.6 Å². The Kier molecular flexibility index (Phi) is 2.41. The second-order valence-corrected chi connectivity index (χ2v) is 4.01. The second kappa shape index (κ2) is 4.07. The molecule has 1 aromatic heterocycles. The minimum absolute atomic E-state index is 0.247. The zero-order valence-corrected chi connectivity index (χ0v) is 9.87. The maximum absolute atomic E-state index is 9.27. The predicted molar refractivity (Wildman–Crippen MR) is 69.3 cm³/mol. The molecule has 0 bridgehead atoms. The highest BCUT2D eigenvalue weighted by Crippen LogP contribution is 2.21. The number of rotatable bonds is 2. The molecule has 0 unspecified atom stereocenters. The fraction of sp³-hybridized carbons (Fsp3) is 0.0714. The number of ether oxygens (including phenoxy) is 1. The highest BCUT2D eigenvalue weighted by molar-refractivity contribution is 5.80. The first-order valence-corrected chi connectivity index (χ1v) is 5.59. The minimum Gasteiger partial charge on any atom is -0.508 e. The van der Waals surface area contributed by atoms with Crippen LogP contribution in [0, 0.1) is 0 Å². The van der Waals surface area contributed by atoms with Crippen LogP contribution in [0.3, 0.4) is 0 Å². The Balaban J connectivity index is 2.10. The van der Waals surface area contributed by atoms with E-state index in [-0.39, 0.29) is 5.75 Å². The van der Waals surface area contributed by atoms with Crippen LogP contribution in [-0.2, 0) is 0 Å². The van der Waals surface area contributed by atoms with E-state index in [0.717, 1.165) is 22.3 Å². The third-order valence-electron chi connectivity index (χ3n) is 2.83. The number of phenolic OH excluding ortho intramolecular Hbond substituents is 1. The van der Waals surface area contributed by atoms with Gasteiger partial charge in [-0.1, -0.05) is 0 Å². The average Bonchev–Trinajstić information content (AvgIpc) is 2.82. The van der Waals surface area contributed by atoms with Crippen molar-refractivity contribution in [3.8, 4) is 17.2 Å². The van der Waals surface area contributed by atoms with Crippen molar-refractivity contribution < 1.29 is 9.84 Å². The zero-order chi connectivity index (χ0) is 12.5. The Morgan fingerprint density at radius 3 is 2.61 bits per heavy atom. The van der Waals surface area contributed by atoms with Crippen LogP contribution in [0.1, 0.15) is 0 Å². The second-order valence-electron chi connectivity index (χ2n) is 4.01. The number of aromatic nitrogens is 2. The molecular formula is C14H12N2O2. The van der Waals surface area contributed by atoms with E-state index >= 15 is 0 Å². The third-order valence-corrected chi connectivity index (χ3v) is 2.83. The molecule has 0 aliphatic rings. The molecule has 90 valence electrons. The van der Waals surface area contributed by atoms with E-state index in [1.54, 1.807) is 23.9 Å². The number of benzene rings is 2. The van der Waals surface area contributed by atoms with Crippen LogP contribution in [0.4, 0.5) is 0 Å². The first-order valence-electron chi connectivity index (χ1n) is 5.59. The van der Waals surface area contributed by atoms with Crippen LogP contribution in [-0.4, -0.2) is 22.0 Å². The molecule has 0 aliphatic heterocycles. The fourth-order valence-electron chi connectivity index (χ4n) is 1.87. The maximum atomic E-state index is 9.27. The van der Waals surface area contributed by atoms with Gasteiger partial charge in [-0.3, -0.25) is 0 Å². The van der Waals surface area contributed by atoms with Gasteiger partial charge in [-0.15, -0.1) is 0 Å². The molecule has 0 atom stereocenters. The molecule has 18 heavy (non-hydrogen) atoms. The summed E-state index contributed by atoms with van der Waals surface area (Å²) in [6.07, 6.45) is 1.93. The summed E-state index contributed by atoms with van der Waals surface area (Å²) in [5.74, 6) is 1.06. The van der Waals surface area contributed by atoms with E-state index in [0.29, 0.717) is 0 Å². The lowest BCUT2D eigenvalue weighted by Crippen LogP contribution is -1.92. The maximum Gasteiger partial charge on any atom is 0.119 e. The highest BCUT2D eigenvalue weighted by atomic mass is 16.5. The number of phenols is 1. The zero-order valence-electron chi connectivity index (χ0n) is 9.87. The summed E-state index contributed by atoms with van der Waals surface area (Å²) in [4.78, 5) is 0. The Labute approximate surface area is 104 Å². The van der Waals surface area contributed by atoms with Crippen LogP contribution in [0.25, 0.3) is 16.6 Å². The summed E-state index contributed by atoms with van der Waals surface area (Å²) in [6, 6.07) is 12.7. The van der Waals surface area contributed by atoms with Crippen molar-refractivity contribution in [2.45, 2.75) is 0 Å². The summed E-state index contributed by atoms with van der Waals surface area (Å²) >= 11 is 0. The van der Waals surface area contributed by atoms with Crippen LogP contribution in [0.5, 0.6) is 11.5 Å². The number of aromatic hydroxyl groups is 1. The van der Waals surface area contributed by atoms with E-state index in [1.807, 2.05) is 36.5 Å². The largest absolute Gasteiger partial charge is 0.508 e. The molecule has 0 saturated heterocycles. The van der Waals surface area contributed by atoms with Crippen molar-refractivity contribution in [2.75, 3.05) is 7.11 Å². The quantitative estimate of drug-likeness (QED) is 0.749. The van der Waals surface area contributed by atoms with E-state index in [2.05, 4.69) is 5.10 Å². The van der Waals surface area contributed by atoms with Gasteiger partial charge in [0.15, 0.2) is 0 Å². The fourth-order valence-corrected chi connectivity index (χ4v) is 1.87. The van der Waals surface area contributed by atoms with Gasteiger partial charge in [0.2, 0.25) is 0 Å². The Hall–Kier alpha value is -2.49. The van der Waals surface area contributed by atoms with Gasteiger partial charge in [-0.25, -0.2) is 4.68 Å². The molecule has 1 N–H and O–H groups in total. The molecule has 0 radical (unpaired) electrons. The summed E-state index contributed by atoms with van der Waals surface area (Å²) in [5, 5.41) is 14.7. The molecule has 3 rings (SSSR count). The Morgan fingerprint density at radius 1 is 1.11 bits per heavy atom. The Bertz CT molecular complexity index is 687. The minimum atomic E-state index is 0.247. The number of nitrogens with zero attached hydrogens (tertiary/aromatic N) is 2. The number of hydrogen-bond acceptors (Lipinski definition) is 3. The molecule has 4 nitrogen and oxygen atoms in total. The molecule has 0 saturated carbocycles. The first-order chi connectivity index (χ1) is 8.76. The van der Waals surface area contributed by atoms with E-state index in [9.17, 15) is 5.11 Å². The summed E-state index contributed by atoms with van der Waals surface area (Å²) in [6.45, 7) is 0. The molecule has 1 heterocycles. The van der Waals surface area contributed by atoms with Crippen LogP contribution >= 0.6 is 0 Å². The summed E-state index contributed by atoms with van der Waals surface area (Å²) in [5.41, 5.74) is 1.81. The van der Waals surface area contributed by atoms with Crippen molar-refractivity contribution in [3.05, 3.63) is 48.7 Å². The van der Waals surface area contributed by atoms with Crippen molar-refractivity contribution in [1.82, 2.24) is 9.78 Å². The third kappa shape index (κ3) is 1.78. The lowest BCUT2D eigenvalue weighted by molar-refractivity contribution is 0.415. The van der Waals surface area contributed by atoms with Gasteiger partial charge in [0.25, 0.3) is 0 Å². The number of fused-ring (bicyclic) bond motifs is 1. The SMILES string of the molecule is COc1ccc2nn(-c3ccc(O)cc3)cc2c1. The molecule has 4 heteroatoms. The van der Waals surface area contributed by atoms with Crippen LogP contribution in [0.15, 0.2) is 48.7 Å². The van der Waals surface area contributed by atoms with E-state index in [4.69, 9.17) is 4.74 Å². The van der Waals surface area contributed by atoms with Gasteiger partial charge < -0.3 is 9.84 Å². The molecule has 3 aromatic rings. The van der Waals surface area contributed by atoms with Crippen molar-refractivity contribution >= 4 is 10.9 Å². The van der Waals surface area contributed by atoms with Crippen molar-refractivity contribution in [1.29, 1.82) is 0 Å². The predicted octanol–water partition coefficient (Wildman–Crippen LogP) is 2.74. The van der Waals surface area contributed by atoms with E-state index < -0.39 is 0 Å². The molecular weight excluding hydrogens is 228 g/mol. The first kappa shape index (κ1) is 10.7. The molecule has 0 aliphatic carbocycles. The van der Waals surface area contributed by atoms with E-state index in [1.165, 1.54) is 0 Å². The van der Waals surface area contributed by atoms with Gasteiger partial charge in [-0.05, 0) is 42.5 Å². The lowest BCUT2D eigenvalue weighted by Gasteiger charge is -1.99. The van der Waals surface area contributed by atoms with Crippen molar-refractivity contribution in [2.24, 2.45) is 0 Å². The highest BCUT2D eigenvalue weighted by Gasteiger charge is 2.04. The lowest BCUT2D eigenvalue weighted by atomic mass is 10.2. The smallest absolute Gasteiger partial charge is 0.119 e. The summed E-state index contributed by atoms with van der Waals surface area (Å²) in [7, 11) is 1.64. The standard InChI is InChI=1S/C14H12N2O2/c1-18-13-6-7-14-10(8-13)9-16(15-14)11-2-4-12(17)5-3-11/h2-9,17H,1H3. The molecule has 0 fully saturated rings. The normalized spacial score (nSPS) is 10.7. The van der Waals surface area contributed by atoms with Gasteiger partial charge in [0.1, 0.15) is 11.5 Å². The van der Waals surface area contributed by atoms with Crippen LogP contribution < -0.4 is 4.74 Å². The summed E-state index contributed by atoms with van der Waals surface area (Å²) < 4.78 is 6.96. The van der Waals surface area contributed by atoms with Gasteiger partial charge in [-0.2, -0.15) is 5.10 Å². The van der Waals surface area contributed by atoms with Crippen LogP contribution in [0.2, 0.25) is 0 Å². The average molecular weight is 240 g/mol. The van der Waals surface area contributed by atoms with Crippen molar-refractivity contribution in [3.63, 3.8) is 0 Å². The van der Waals surface area contributed by atoms with Gasteiger partial charge >= 0.3 is 0 Å². The molecule has 0 spiro atoms. The molecule has 2 aromatic carbocycles. The monoisotopic (exact) mass is 240 g/mol. The molecule has 0 amide bonds. The number of hydrogen-bond donors (Lipinski definition) is 1. The topological polar surface area (TPSA) is 47.3 Å².